The summed E-state index contributed by atoms with van der Waals surface area (Å²) in [5.74, 6) is 1.59. The second kappa shape index (κ2) is 5.83. The van der Waals surface area contributed by atoms with E-state index in [1.807, 2.05) is 0 Å². The molecule has 0 N–H and O–H groups in total. The van der Waals surface area contributed by atoms with Crippen LogP contribution in [0, 0.1) is 0 Å². The molecule has 3 heteroatoms. The predicted octanol–water partition coefficient (Wildman–Crippen LogP) is 2.96. The van der Waals surface area contributed by atoms with E-state index in [-0.39, 0.29) is 0 Å². The first-order valence-electron chi connectivity index (χ1n) is 7.12. The van der Waals surface area contributed by atoms with Gasteiger partial charge < -0.3 is 14.5 Å². The number of hydrogen-bond acceptors (Lipinski definition) is 3. The molecular weight excluding hydrogens is 236 g/mol. The maximum absolute atomic E-state index is 5.38. The summed E-state index contributed by atoms with van der Waals surface area (Å²) in [4.78, 5) is 4.77. The van der Waals surface area contributed by atoms with Gasteiger partial charge in [-0.2, -0.15) is 0 Å². The van der Waals surface area contributed by atoms with E-state index in [2.05, 4.69) is 55.9 Å². The van der Waals surface area contributed by atoms with E-state index in [1.165, 1.54) is 17.7 Å². The van der Waals surface area contributed by atoms with Gasteiger partial charge in [-0.15, -0.1) is 0 Å². The van der Waals surface area contributed by atoms with Crippen molar-refractivity contribution in [3.8, 4) is 5.75 Å². The molecule has 19 heavy (non-hydrogen) atoms. The fraction of sp³-hybridized carbons (Fsp3) is 0.625. The van der Waals surface area contributed by atoms with Gasteiger partial charge in [0.2, 0.25) is 0 Å². The molecule has 1 aromatic rings. The van der Waals surface area contributed by atoms with Crippen LogP contribution in [0.4, 0.5) is 5.69 Å². The van der Waals surface area contributed by atoms with Crippen LogP contribution < -0.4 is 9.64 Å². The summed E-state index contributed by atoms with van der Waals surface area (Å²) in [5.41, 5.74) is 2.84. The van der Waals surface area contributed by atoms with Crippen LogP contribution in [0.25, 0.3) is 0 Å². The highest BCUT2D eigenvalue weighted by Crippen LogP contribution is 2.41. The molecule has 1 heterocycles. The molecule has 0 aromatic heterocycles. The van der Waals surface area contributed by atoms with Crippen LogP contribution in [-0.2, 0) is 0 Å². The maximum Gasteiger partial charge on any atom is 0.119 e. The molecule has 1 aromatic carbocycles. The van der Waals surface area contributed by atoms with E-state index < -0.39 is 0 Å². The lowest BCUT2D eigenvalue weighted by Gasteiger charge is -2.24. The van der Waals surface area contributed by atoms with Crippen LogP contribution >= 0.6 is 0 Å². The van der Waals surface area contributed by atoms with Crippen molar-refractivity contribution in [3.63, 3.8) is 0 Å². The SMILES string of the molecule is COc1ccc2c(c1)[C@H](CCN(C)C)CN2C(C)C. The smallest absolute Gasteiger partial charge is 0.119 e. The van der Waals surface area contributed by atoms with Gasteiger partial charge in [-0.3, -0.25) is 0 Å². The molecule has 0 unspecified atom stereocenters. The average Bonchev–Trinajstić information content (AvgIpc) is 2.74. The van der Waals surface area contributed by atoms with E-state index in [4.69, 9.17) is 4.74 Å². The Kier molecular flexibility index (Phi) is 4.35. The van der Waals surface area contributed by atoms with E-state index >= 15 is 0 Å². The van der Waals surface area contributed by atoms with Gasteiger partial charge >= 0.3 is 0 Å². The lowest BCUT2D eigenvalue weighted by molar-refractivity contribution is 0.382. The number of benzene rings is 1. The molecule has 0 radical (unpaired) electrons. The molecule has 2 rings (SSSR count). The molecule has 1 aliphatic rings. The number of fused-ring (bicyclic) bond motifs is 1. The number of hydrogen-bond donors (Lipinski definition) is 0. The summed E-state index contributed by atoms with van der Waals surface area (Å²) in [7, 11) is 6.02. The van der Waals surface area contributed by atoms with Gasteiger partial charge in [0.15, 0.2) is 0 Å². The molecule has 1 atom stereocenters. The Morgan fingerprint density at radius 2 is 2.11 bits per heavy atom. The Labute approximate surface area is 117 Å². The molecule has 0 aliphatic carbocycles. The Bertz CT molecular complexity index is 429. The minimum absolute atomic E-state index is 0.552. The summed E-state index contributed by atoms with van der Waals surface area (Å²) in [6, 6.07) is 7.06. The minimum atomic E-state index is 0.552. The first-order chi connectivity index (χ1) is 9.02. The van der Waals surface area contributed by atoms with Gasteiger partial charge in [0, 0.05) is 24.2 Å². The van der Waals surface area contributed by atoms with Crippen molar-refractivity contribution in [3.05, 3.63) is 23.8 Å². The standard InChI is InChI=1S/C16H26N2O/c1-12(2)18-11-13(8-9-17(3)4)15-10-14(19-5)6-7-16(15)18/h6-7,10,12-13H,8-9,11H2,1-5H3/t13-/m1/s1. The highest BCUT2D eigenvalue weighted by molar-refractivity contribution is 5.62. The van der Waals surface area contributed by atoms with E-state index in [9.17, 15) is 0 Å². The predicted molar refractivity (Wildman–Crippen MR) is 81.4 cm³/mol. The third-order valence-corrected chi connectivity index (χ3v) is 3.95. The van der Waals surface area contributed by atoms with Gasteiger partial charge in [-0.25, -0.2) is 0 Å². The lowest BCUT2D eigenvalue weighted by Crippen LogP contribution is -2.30. The largest absolute Gasteiger partial charge is 0.497 e. The van der Waals surface area contributed by atoms with Crippen molar-refractivity contribution >= 4 is 5.69 Å². The van der Waals surface area contributed by atoms with Crippen LogP contribution in [0.5, 0.6) is 5.75 Å². The Morgan fingerprint density at radius 3 is 2.68 bits per heavy atom. The van der Waals surface area contributed by atoms with Crippen molar-refractivity contribution in [2.75, 3.05) is 39.2 Å². The molecule has 3 nitrogen and oxygen atoms in total. The van der Waals surface area contributed by atoms with Crippen molar-refractivity contribution in [2.24, 2.45) is 0 Å². The van der Waals surface area contributed by atoms with Crippen LogP contribution in [-0.4, -0.2) is 45.2 Å². The first-order valence-corrected chi connectivity index (χ1v) is 7.12. The second-order valence-corrected chi connectivity index (χ2v) is 5.96. The molecule has 1 aliphatic heterocycles. The molecule has 0 fully saturated rings. The molecule has 106 valence electrons. The molecule has 0 saturated carbocycles. The Hall–Kier alpha value is -1.22. The zero-order valence-electron chi connectivity index (χ0n) is 12.8. The summed E-state index contributed by atoms with van der Waals surface area (Å²) in [5, 5.41) is 0. The van der Waals surface area contributed by atoms with Gasteiger partial charge in [0.1, 0.15) is 5.75 Å². The molecular formula is C16H26N2O. The highest BCUT2D eigenvalue weighted by Gasteiger charge is 2.30. The fourth-order valence-corrected chi connectivity index (χ4v) is 2.83. The third-order valence-electron chi connectivity index (χ3n) is 3.95. The van der Waals surface area contributed by atoms with E-state index in [0.29, 0.717) is 12.0 Å². The first kappa shape index (κ1) is 14.2. The minimum Gasteiger partial charge on any atom is -0.497 e. The van der Waals surface area contributed by atoms with Gasteiger partial charge in [0.05, 0.1) is 7.11 Å². The van der Waals surface area contributed by atoms with E-state index in [0.717, 1.165) is 18.8 Å². The van der Waals surface area contributed by atoms with E-state index in [1.54, 1.807) is 7.11 Å². The van der Waals surface area contributed by atoms with Gasteiger partial charge in [0.25, 0.3) is 0 Å². The van der Waals surface area contributed by atoms with Crippen molar-refractivity contribution in [1.29, 1.82) is 0 Å². The van der Waals surface area contributed by atoms with Crippen molar-refractivity contribution in [1.82, 2.24) is 4.90 Å². The summed E-state index contributed by atoms with van der Waals surface area (Å²) < 4.78 is 5.38. The average molecular weight is 262 g/mol. The number of rotatable bonds is 5. The summed E-state index contributed by atoms with van der Waals surface area (Å²) in [6.45, 7) is 6.80. The Balaban J connectivity index is 2.25. The monoisotopic (exact) mass is 262 g/mol. The molecule has 0 bridgehead atoms. The number of methoxy groups -OCH3 is 1. The summed E-state index contributed by atoms with van der Waals surface area (Å²) >= 11 is 0. The normalized spacial score (nSPS) is 18.3. The number of ether oxygens (including phenoxy) is 1. The fourth-order valence-electron chi connectivity index (χ4n) is 2.83. The molecule has 0 spiro atoms. The second-order valence-electron chi connectivity index (χ2n) is 5.96. The van der Waals surface area contributed by atoms with Gasteiger partial charge in [-0.1, -0.05) is 0 Å². The maximum atomic E-state index is 5.38. The molecule has 0 saturated heterocycles. The van der Waals surface area contributed by atoms with Crippen molar-refractivity contribution in [2.45, 2.75) is 32.2 Å². The Morgan fingerprint density at radius 1 is 1.37 bits per heavy atom. The van der Waals surface area contributed by atoms with Crippen LogP contribution in [0.3, 0.4) is 0 Å². The molecule has 0 amide bonds. The zero-order valence-corrected chi connectivity index (χ0v) is 12.8. The quantitative estimate of drug-likeness (QED) is 0.811. The van der Waals surface area contributed by atoms with Crippen LogP contribution in [0.15, 0.2) is 18.2 Å². The summed E-state index contributed by atoms with van der Waals surface area (Å²) in [6.07, 6.45) is 1.20. The lowest BCUT2D eigenvalue weighted by atomic mass is 9.97. The number of nitrogens with zero attached hydrogens (tertiary/aromatic N) is 2. The topological polar surface area (TPSA) is 15.7 Å². The van der Waals surface area contributed by atoms with Gasteiger partial charge in [-0.05, 0) is 64.7 Å². The highest BCUT2D eigenvalue weighted by atomic mass is 16.5. The third kappa shape index (κ3) is 3.03. The number of anilines is 1. The van der Waals surface area contributed by atoms with Crippen LogP contribution in [0.2, 0.25) is 0 Å². The van der Waals surface area contributed by atoms with Crippen LogP contribution in [0.1, 0.15) is 31.7 Å². The van der Waals surface area contributed by atoms with Crippen molar-refractivity contribution < 1.29 is 4.74 Å². The zero-order chi connectivity index (χ0) is 14.0.